The summed E-state index contributed by atoms with van der Waals surface area (Å²) in [7, 11) is 0. The maximum atomic E-state index is 7.51. The van der Waals surface area contributed by atoms with Gasteiger partial charge in [-0.3, -0.25) is 0 Å². The number of benzene rings is 9. The zero-order valence-electron chi connectivity index (χ0n) is 42.7. The van der Waals surface area contributed by atoms with Crippen molar-refractivity contribution in [1.82, 2.24) is 14.4 Å². The quantitative estimate of drug-likeness (QED) is 0.164. The van der Waals surface area contributed by atoms with Crippen molar-refractivity contribution in [3.8, 4) is 11.1 Å². The zero-order chi connectivity index (χ0) is 50.8. The summed E-state index contributed by atoms with van der Waals surface area (Å²) < 4.78 is 23.9. The maximum Gasteiger partial charge on any atom is 0.228 e. The third-order valence-electron chi connectivity index (χ3n) is 19.1. The molecule has 0 saturated carbocycles. The van der Waals surface area contributed by atoms with Gasteiger partial charge in [0.1, 0.15) is 22.3 Å². The van der Waals surface area contributed by atoms with E-state index in [9.17, 15) is 0 Å². The van der Waals surface area contributed by atoms with Gasteiger partial charge in [0.15, 0.2) is 0 Å². The fourth-order valence-electron chi connectivity index (χ4n) is 16.0. The van der Waals surface area contributed by atoms with E-state index in [0.29, 0.717) is 11.4 Å². The van der Waals surface area contributed by atoms with E-state index in [-0.39, 0.29) is 29.1 Å². The maximum absolute atomic E-state index is 7.51. The summed E-state index contributed by atoms with van der Waals surface area (Å²) in [6.45, 7) is 6.86. The molecule has 0 unspecified atom stereocenters. The van der Waals surface area contributed by atoms with Crippen LogP contribution in [0.25, 0.3) is 115 Å². The van der Waals surface area contributed by atoms with Gasteiger partial charge in [-0.25, -0.2) is 9.97 Å². The van der Waals surface area contributed by atoms with Gasteiger partial charge in [0.25, 0.3) is 0 Å². The molecule has 6 aliphatic carbocycles. The Morgan fingerprint density at radius 1 is 0.372 bits per heavy atom. The predicted octanol–water partition coefficient (Wildman–Crippen LogP) is 18.3. The predicted molar refractivity (Wildman–Crippen MR) is 312 cm³/mol. The molecule has 22 rings (SSSR count). The molecule has 0 radical (unpaired) electrons. The molecule has 6 aliphatic rings. The molecule has 0 saturated heterocycles. The third kappa shape index (κ3) is 4.69. The normalized spacial score (nSPS) is 17.9. The van der Waals surface area contributed by atoms with Gasteiger partial charge < -0.3 is 17.7 Å². The molecule has 78 heavy (non-hydrogen) atoms. The average Bonchev–Trinajstić information content (AvgIpc) is 3.45. The van der Waals surface area contributed by atoms with Crippen LogP contribution in [0.5, 0.6) is 0 Å². The smallest absolute Gasteiger partial charge is 0.228 e. The van der Waals surface area contributed by atoms with Crippen LogP contribution < -0.4 is 0 Å². The summed E-state index contributed by atoms with van der Waals surface area (Å²) in [5, 5.41) is 10.7. The van der Waals surface area contributed by atoms with E-state index < -0.39 is 0 Å². The summed E-state index contributed by atoms with van der Waals surface area (Å²) in [5.41, 5.74) is 27.6. The summed E-state index contributed by atoms with van der Waals surface area (Å²) in [5.74, 6) is 0.478. The van der Waals surface area contributed by atoms with Crippen LogP contribution in [0.1, 0.15) is 117 Å². The number of rotatable bonds is 1. The molecule has 6 heteroatoms. The van der Waals surface area contributed by atoms with Crippen LogP contribution in [0, 0.1) is 0 Å². The van der Waals surface area contributed by atoms with Crippen LogP contribution in [0.2, 0.25) is 0 Å². The first-order valence-corrected chi connectivity index (χ1v) is 27.4. The van der Waals surface area contributed by atoms with E-state index in [2.05, 4.69) is 195 Å². The number of pyridine rings is 2. The summed E-state index contributed by atoms with van der Waals surface area (Å²) in [6.07, 6.45) is 4.05. The molecule has 0 atom stereocenters. The molecule has 4 bridgehead atoms. The summed E-state index contributed by atoms with van der Waals surface area (Å²) >= 11 is 0. The molecule has 9 aromatic carbocycles. The molecule has 7 heterocycles. The van der Waals surface area contributed by atoms with Crippen LogP contribution in [-0.4, -0.2) is 14.4 Å². The molecule has 0 aliphatic heterocycles. The minimum Gasteiger partial charge on any atom is -0.455 e. The number of furan rings is 3. The number of hydrogen-bond donors (Lipinski definition) is 0. The molecule has 16 aromatic rings. The number of aromatic nitrogens is 3. The highest BCUT2D eigenvalue weighted by atomic mass is 16.3. The van der Waals surface area contributed by atoms with E-state index in [1.54, 1.807) is 0 Å². The van der Waals surface area contributed by atoms with Crippen molar-refractivity contribution >= 4 is 104 Å². The van der Waals surface area contributed by atoms with Crippen molar-refractivity contribution < 1.29 is 13.3 Å². The first-order valence-electron chi connectivity index (χ1n) is 27.4. The van der Waals surface area contributed by atoms with Crippen molar-refractivity contribution in [2.45, 2.75) is 49.9 Å². The lowest BCUT2D eigenvalue weighted by Gasteiger charge is -2.42. The van der Waals surface area contributed by atoms with Crippen molar-refractivity contribution in [3.05, 3.63) is 255 Å². The highest BCUT2D eigenvalue weighted by Gasteiger charge is 2.44. The summed E-state index contributed by atoms with van der Waals surface area (Å²) in [4.78, 5) is 10.5. The third-order valence-corrected chi connectivity index (χ3v) is 19.1. The molecule has 7 aromatic heterocycles. The van der Waals surface area contributed by atoms with Gasteiger partial charge in [-0.1, -0.05) is 148 Å². The lowest BCUT2D eigenvalue weighted by Crippen LogP contribution is -2.27. The van der Waals surface area contributed by atoms with Gasteiger partial charge in [0, 0.05) is 61.4 Å². The largest absolute Gasteiger partial charge is 0.455 e. The zero-order valence-corrected chi connectivity index (χ0v) is 42.7. The monoisotopic (exact) mass is 997 g/mol. The Labute approximate surface area is 445 Å². The number of fused-ring (bicyclic) bond motifs is 18. The minimum atomic E-state index is -0.130. The average molecular weight is 998 g/mol. The van der Waals surface area contributed by atoms with Gasteiger partial charge in [-0.15, -0.1) is 0 Å². The molecule has 364 valence electrons. The van der Waals surface area contributed by atoms with E-state index in [0.717, 1.165) is 104 Å². The Hall–Kier alpha value is -9.52. The van der Waals surface area contributed by atoms with Crippen LogP contribution in [0.15, 0.2) is 196 Å². The molecule has 0 fully saturated rings. The highest BCUT2D eigenvalue weighted by molar-refractivity contribution is 6.41. The fourth-order valence-corrected chi connectivity index (χ4v) is 16.0. The standard InChI is InChI=1S/C72H43N3O3/c1-72(2,3)35-25-44(34-15-5-4-6-16-34)62-52-29-51-63-53(32-73-70-64(63)49-27-45-47(30-55(49)77-70)60-40-21-11-7-17-36(40)58(45)37-18-8-12-22-41(37)60)75-54-33-74-71-65(66(54)67(68(51)75)69(52)76-57(62)26-35)50-28-46-48(31-56(50)78-71)61-42-23-13-9-19-38(42)59(46)39-20-10-14-24-43(39)61/h4-33,58-61H,1-3H3. The van der Waals surface area contributed by atoms with Crippen molar-refractivity contribution in [3.63, 3.8) is 0 Å². The van der Waals surface area contributed by atoms with Crippen LogP contribution in [-0.2, 0) is 5.41 Å². The first kappa shape index (κ1) is 40.7. The minimum absolute atomic E-state index is 0.108. The molecule has 0 spiro atoms. The van der Waals surface area contributed by atoms with Gasteiger partial charge in [-0.05, 0) is 131 Å². The molecular formula is C72H43N3O3. The first-order chi connectivity index (χ1) is 38.3. The van der Waals surface area contributed by atoms with Gasteiger partial charge in [0.05, 0.1) is 45.1 Å². The Kier molecular flexibility index (Phi) is 7.07. The van der Waals surface area contributed by atoms with E-state index in [4.69, 9.17) is 23.2 Å². The fraction of sp³-hybridized carbons (Fsp3) is 0.111. The Balaban J connectivity index is 0.944. The van der Waals surface area contributed by atoms with Crippen molar-refractivity contribution in [2.75, 3.05) is 0 Å². The van der Waals surface area contributed by atoms with Gasteiger partial charge >= 0.3 is 0 Å². The number of hydrogen-bond acceptors (Lipinski definition) is 5. The van der Waals surface area contributed by atoms with Gasteiger partial charge in [0.2, 0.25) is 11.4 Å². The Bertz CT molecular complexity index is 5370. The van der Waals surface area contributed by atoms with Crippen LogP contribution in [0.3, 0.4) is 0 Å². The second-order valence-electron chi connectivity index (χ2n) is 23.8. The molecule has 0 N–H and O–H groups in total. The second-order valence-corrected chi connectivity index (χ2v) is 23.8. The van der Waals surface area contributed by atoms with Gasteiger partial charge in [-0.2, -0.15) is 0 Å². The van der Waals surface area contributed by atoms with Crippen LogP contribution >= 0.6 is 0 Å². The van der Waals surface area contributed by atoms with Crippen molar-refractivity contribution in [1.29, 1.82) is 0 Å². The van der Waals surface area contributed by atoms with Crippen LogP contribution in [0.4, 0.5) is 0 Å². The molecular weight excluding hydrogens is 955 g/mol. The lowest BCUT2D eigenvalue weighted by atomic mass is 9.61. The van der Waals surface area contributed by atoms with E-state index in [1.165, 1.54) is 72.3 Å². The second kappa shape index (κ2) is 13.5. The topological polar surface area (TPSA) is 69.6 Å². The molecule has 6 nitrogen and oxygen atoms in total. The Morgan fingerprint density at radius 2 is 0.821 bits per heavy atom. The van der Waals surface area contributed by atoms with Crippen molar-refractivity contribution in [2.24, 2.45) is 0 Å². The molecule has 0 amide bonds. The SMILES string of the molecule is CC(C)(C)c1cc(-c2ccccc2)c2c(c1)oc1c2cc2c3c4c(ncc3n3c5cnc6oc7cc8c(cc7c6c5c1c23)C1c2ccccc2C8c2ccccc21)oc1cc2c(cc14)C1c3ccccc3C2c2ccccc21. The summed E-state index contributed by atoms with van der Waals surface area (Å²) in [6, 6.07) is 63.6. The van der Waals surface area contributed by atoms with E-state index in [1.807, 2.05) is 12.4 Å². The highest BCUT2D eigenvalue weighted by Crippen LogP contribution is 2.60. The Morgan fingerprint density at radius 3 is 1.31 bits per heavy atom. The lowest BCUT2D eigenvalue weighted by molar-refractivity contribution is 0.588. The van der Waals surface area contributed by atoms with E-state index >= 15 is 0 Å². The number of nitrogens with zero attached hydrogens (tertiary/aromatic N) is 3.